The van der Waals surface area contributed by atoms with Crippen molar-refractivity contribution >= 4 is 11.8 Å². The van der Waals surface area contributed by atoms with Crippen LogP contribution in [-0.2, 0) is 14.3 Å². The lowest BCUT2D eigenvalue weighted by Crippen LogP contribution is -2.49. The van der Waals surface area contributed by atoms with Crippen LogP contribution >= 0.6 is 0 Å². The zero-order valence-electron chi connectivity index (χ0n) is 14.3. The molecular weight excluding hydrogens is 288 g/mol. The second-order valence-corrected chi connectivity index (χ2v) is 8.60. The molecule has 0 aromatic heterocycles. The third-order valence-electron chi connectivity index (χ3n) is 7.59. The fraction of sp³-hybridized carbons (Fsp3) is 0.800. The van der Waals surface area contributed by atoms with E-state index in [1.54, 1.807) is 0 Å². The van der Waals surface area contributed by atoms with Crippen LogP contribution in [0.3, 0.4) is 0 Å². The Bertz CT molecular complexity index is 551. The molecular formula is C20H28O3. The zero-order chi connectivity index (χ0) is 16.2. The Hall–Kier alpha value is -1.12. The summed E-state index contributed by atoms with van der Waals surface area (Å²) in [7, 11) is 0. The Kier molecular flexibility index (Phi) is 3.66. The number of esters is 1. The molecule has 4 rings (SSSR count). The molecule has 4 aliphatic rings. The Labute approximate surface area is 138 Å². The van der Waals surface area contributed by atoms with Crippen molar-refractivity contribution in [1.82, 2.24) is 0 Å². The topological polar surface area (TPSA) is 43.4 Å². The number of allylic oxidation sites excluding steroid dienone is 2. The highest BCUT2D eigenvalue weighted by Crippen LogP contribution is 2.62. The number of fused-ring (bicyclic) bond motifs is 5. The van der Waals surface area contributed by atoms with Gasteiger partial charge in [-0.05, 0) is 74.2 Å². The zero-order valence-corrected chi connectivity index (χ0v) is 14.3. The summed E-state index contributed by atoms with van der Waals surface area (Å²) in [4.78, 5) is 23.2. The van der Waals surface area contributed by atoms with Gasteiger partial charge in [0.1, 0.15) is 6.10 Å². The third kappa shape index (κ3) is 2.38. The molecule has 0 spiro atoms. The normalized spacial score (nSPS) is 48.3. The van der Waals surface area contributed by atoms with Crippen LogP contribution in [0.4, 0.5) is 0 Å². The van der Waals surface area contributed by atoms with E-state index < -0.39 is 0 Å². The quantitative estimate of drug-likeness (QED) is 0.689. The molecule has 7 atom stereocenters. The van der Waals surface area contributed by atoms with Crippen LogP contribution in [0.1, 0.15) is 58.8 Å². The van der Waals surface area contributed by atoms with E-state index in [1.165, 1.54) is 39.0 Å². The van der Waals surface area contributed by atoms with Gasteiger partial charge in [0.2, 0.25) is 0 Å². The van der Waals surface area contributed by atoms with Crippen molar-refractivity contribution in [1.29, 1.82) is 0 Å². The van der Waals surface area contributed by atoms with Gasteiger partial charge in [0.25, 0.3) is 0 Å². The number of hydrogen-bond donors (Lipinski definition) is 0. The highest BCUT2D eigenvalue weighted by Gasteiger charge is 2.57. The molecule has 3 heteroatoms. The van der Waals surface area contributed by atoms with Gasteiger partial charge in [-0.1, -0.05) is 13.0 Å². The van der Waals surface area contributed by atoms with Crippen LogP contribution in [0.2, 0.25) is 0 Å². The summed E-state index contributed by atoms with van der Waals surface area (Å²) in [5.41, 5.74) is 0.174. The number of ketones is 1. The Morgan fingerprint density at radius 2 is 2.00 bits per heavy atom. The largest absolute Gasteiger partial charge is 0.462 e. The van der Waals surface area contributed by atoms with Gasteiger partial charge in [0.05, 0.1) is 0 Å². The molecule has 0 unspecified atom stereocenters. The van der Waals surface area contributed by atoms with Gasteiger partial charge in [-0.25, -0.2) is 0 Å². The summed E-state index contributed by atoms with van der Waals surface area (Å²) < 4.78 is 5.69. The number of carbonyl (C=O) groups excluding carboxylic acids is 2. The summed E-state index contributed by atoms with van der Waals surface area (Å²) >= 11 is 0. The van der Waals surface area contributed by atoms with Crippen LogP contribution in [0.25, 0.3) is 0 Å². The maximum absolute atomic E-state index is 11.7. The van der Waals surface area contributed by atoms with Crippen molar-refractivity contribution in [2.75, 3.05) is 0 Å². The van der Waals surface area contributed by atoms with Gasteiger partial charge >= 0.3 is 5.97 Å². The highest BCUT2D eigenvalue weighted by atomic mass is 16.5. The third-order valence-corrected chi connectivity index (χ3v) is 7.59. The minimum atomic E-state index is -0.128. The van der Waals surface area contributed by atoms with Crippen LogP contribution in [0, 0.1) is 35.0 Å². The molecule has 4 aliphatic carbocycles. The van der Waals surface area contributed by atoms with Gasteiger partial charge in [-0.15, -0.1) is 0 Å². The minimum Gasteiger partial charge on any atom is -0.462 e. The Morgan fingerprint density at radius 1 is 1.17 bits per heavy atom. The molecule has 3 nitrogen and oxygen atoms in total. The van der Waals surface area contributed by atoms with Crippen molar-refractivity contribution in [3.8, 4) is 0 Å². The van der Waals surface area contributed by atoms with E-state index in [2.05, 4.69) is 13.0 Å². The Balaban J connectivity index is 1.57. The van der Waals surface area contributed by atoms with E-state index in [9.17, 15) is 9.59 Å². The van der Waals surface area contributed by atoms with Crippen molar-refractivity contribution in [2.24, 2.45) is 35.0 Å². The molecule has 0 heterocycles. The molecule has 0 aromatic carbocycles. The van der Waals surface area contributed by atoms with Gasteiger partial charge in [-0.2, -0.15) is 0 Å². The van der Waals surface area contributed by atoms with Crippen LogP contribution in [-0.4, -0.2) is 17.9 Å². The van der Waals surface area contributed by atoms with Crippen molar-refractivity contribution < 1.29 is 14.3 Å². The molecule has 3 fully saturated rings. The standard InChI is InChI=1S/C20H28O3/c1-12(21)23-19-8-7-18-17-5-3-13-11-14(22)4-6-15(13)16(17)9-10-20(18,19)2/h4,6,13,15-19H,3,5,7-11H2,1-2H3/t13-,15+,16-,17-,18+,19+,20+/m1/s1. The minimum absolute atomic E-state index is 0.118. The molecule has 0 amide bonds. The molecule has 0 saturated heterocycles. The second-order valence-electron chi connectivity index (χ2n) is 8.60. The fourth-order valence-corrected chi connectivity index (χ4v) is 6.59. The highest BCUT2D eigenvalue weighted by molar-refractivity contribution is 5.90. The molecule has 23 heavy (non-hydrogen) atoms. The van der Waals surface area contributed by atoms with Crippen molar-refractivity contribution in [3.63, 3.8) is 0 Å². The van der Waals surface area contributed by atoms with Crippen LogP contribution in [0.15, 0.2) is 12.2 Å². The maximum atomic E-state index is 11.7. The predicted molar refractivity (Wildman–Crippen MR) is 87.6 cm³/mol. The lowest BCUT2D eigenvalue weighted by atomic mass is 9.51. The first-order chi connectivity index (χ1) is 11.0. The van der Waals surface area contributed by atoms with E-state index in [0.29, 0.717) is 23.5 Å². The molecule has 0 aliphatic heterocycles. The molecule has 0 radical (unpaired) electrons. The summed E-state index contributed by atoms with van der Waals surface area (Å²) in [5, 5.41) is 0. The first-order valence-electron chi connectivity index (χ1n) is 9.37. The second kappa shape index (κ2) is 5.46. The summed E-state index contributed by atoms with van der Waals surface area (Å²) in [6.45, 7) is 3.90. The molecule has 0 N–H and O–H groups in total. The summed E-state index contributed by atoms with van der Waals surface area (Å²) in [6.07, 6.45) is 12.1. The van der Waals surface area contributed by atoms with E-state index in [0.717, 1.165) is 24.7 Å². The monoisotopic (exact) mass is 316 g/mol. The fourth-order valence-electron chi connectivity index (χ4n) is 6.59. The molecule has 0 bridgehead atoms. The van der Waals surface area contributed by atoms with Crippen molar-refractivity contribution in [2.45, 2.75) is 64.9 Å². The van der Waals surface area contributed by atoms with Crippen LogP contribution in [0.5, 0.6) is 0 Å². The molecule has 3 saturated carbocycles. The van der Waals surface area contributed by atoms with Gasteiger partial charge in [0, 0.05) is 18.8 Å². The van der Waals surface area contributed by atoms with Crippen molar-refractivity contribution in [3.05, 3.63) is 12.2 Å². The van der Waals surface area contributed by atoms with Gasteiger partial charge in [0.15, 0.2) is 5.78 Å². The Morgan fingerprint density at radius 3 is 2.78 bits per heavy atom. The lowest BCUT2D eigenvalue weighted by molar-refractivity contribution is -0.156. The van der Waals surface area contributed by atoms with E-state index in [-0.39, 0.29) is 17.5 Å². The smallest absolute Gasteiger partial charge is 0.302 e. The lowest BCUT2D eigenvalue weighted by Gasteiger charge is -2.54. The SMILES string of the molecule is CC(=O)O[C@H]1CC[C@H]2[C@@H]3CC[C@@H]4CC(=O)C=C[C@@H]4[C@H]3CC[C@]12C. The average Bonchev–Trinajstić information content (AvgIpc) is 2.83. The van der Waals surface area contributed by atoms with Gasteiger partial charge in [-0.3, -0.25) is 9.59 Å². The number of rotatable bonds is 1. The summed E-state index contributed by atoms with van der Waals surface area (Å²) in [6, 6.07) is 0. The predicted octanol–water partition coefficient (Wildman–Crippen LogP) is 3.92. The number of ether oxygens (including phenoxy) is 1. The van der Waals surface area contributed by atoms with Crippen LogP contribution < -0.4 is 0 Å². The molecule has 0 aromatic rings. The number of hydrogen-bond acceptors (Lipinski definition) is 3. The van der Waals surface area contributed by atoms with Gasteiger partial charge < -0.3 is 4.74 Å². The molecule has 126 valence electrons. The first kappa shape index (κ1) is 15.4. The first-order valence-corrected chi connectivity index (χ1v) is 9.37. The number of carbonyl (C=O) groups is 2. The van der Waals surface area contributed by atoms with E-state index in [1.807, 2.05) is 6.08 Å². The average molecular weight is 316 g/mol. The van der Waals surface area contributed by atoms with E-state index >= 15 is 0 Å². The summed E-state index contributed by atoms with van der Waals surface area (Å²) in [5.74, 6) is 3.59. The maximum Gasteiger partial charge on any atom is 0.302 e. The van der Waals surface area contributed by atoms with E-state index in [4.69, 9.17) is 4.74 Å².